The third-order valence-electron chi connectivity index (χ3n) is 5.25. The molecule has 1 N–H and O–H groups in total. The molecule has 0 radical (unpaired) electrons. The Morgan fingerprint density at radius 2 is 1.74 bits per heavy atom. The molecule has 0 spiro atoms. The zero-order chi connectivity index (χ0) is 23.5. The monoisotopic (exact) mass is 469 g/mol. The molecular formula is C26H20ClN5O2. The van der Waals surface area contributed by atoms with Crippen molar-refractivity contribution in [3.05, 3.63) is 102 Å². The van der Waals surface area contributed by atoms with Gasteiger partial charge in [-0.1, -0.05) is 59.2 Å². The number of hydrogen-bond acceptors (Lipinski definition) is 5. The van der Waals surface area contributed by atoms with Crippen molar-refractivity contribution in [2.24, 2.45) is 0 Å². The molecule has 0 saturated heterocycles. The number of halogens is 1. The summed E-state index contributed by atoms with van der Waals surface area (Å²) in [4.78, 5) is 17.4. The van der Waals surface area contributed by atoms with E-state index in [1.54, 1.807) is 11.6 Å². The molecule has 168 valence electrons. The van der Waals surface area contributed by atoms with Gasteiger partial charge < -0.3 is 9.84 Å². The lowest BCUT2D eigenvalue weighted by atomic mass is 10.1. The van der Waals surface area contributed by atoms with Gasteiger partial charge >= 0.3 is 0 Å². The van der Waals surface area contributed by atoms with E-state index in [2.05, 4.69) is 15.5 Å². The van der Waals surface area contributed by atoms with Crippen LogP contribution in [0.4, 0.5) is 5.69 Å². The molecule has 0 saturated carbocycles. The molecule has 0 unspecified atom stereocenters. The largest absolute Gasteiger partial charge is 0.339 e. The summed E-state index contributed by atoms with van der Waals surface area (Å²) in [7, 11) is 0. The van der Waals surface area contributed by atoms with E-state index in [0.29, 0.717) is 28.0 Å². The first kappa shape index (κ1) is 21.6. The van der Waals surface area contributed by atoms with E-state index in [9.17, 15) is 4.79 Å². The fraction of sp³-hybridized carbons (Fsp3) is 0.0769. The van der Waals surface area contributed by atoms with Gasteiger partial charge in [-0.3, -0.25) is 4.79 Å². The summed E-state index contributed by atoms with van der Waals surface area (Å²) in [6, 6.07) is 24.5. The topological polar surface area (TPSA) is 85.8 Å². The Bertz CT molecular complexity index is 1440. The van der Waals surface area contributed by atoms with Crippen molar-refractivity contribution >= 4 is 23.2 Å². The predicted octanol–water partition coefficient (Wildman–Crippen LogP) is 5.73. The smallest absolute Gasteiger partial charge is 0.228 e. The average Bonchev–Trinajstić information content (AvgIpc) is 3.47. The summed E-state index contributed by atoms with van der Waals surface area (Å²) in [6.45, 7) is 1.72. The van der Waals surface area contributed by atoms with Gasteiger partial charge in [0.2, 0.25) is 17.6 Å². The van der Waals surface area contributed by atoms with Crippen LogP contribution in [0.15, 0.2) is 89.6 Å². The minimum atomic E-state index is -0.185. The standard InChI is InChI=1S/C26H20ClN5O2/c1-17-28-26(31-34-17)22-9-5-6-10-23(22)29-24(33)15-19-16-32(21-7-3-2-4-8-21)30-25(19)18-11-13-20(27)14-12-18/h2-14,16H,15H2,1H3,(H,29,33). The highest BCUT2D eigenvalue weighted by atomic mass is 35.5. The molecule has 3 aromatic carbocycles. The van der Waals surface area contributed by atoms with Gasteiger partial charge in [-0.25, -0.2) is 4.68 Å². The van der Waals surface area contributed by atoms with Gasteiger partial charge in [-0.05, 0) is 36.4 Å². The minimum absolute atomic E-state index is 0.129. The molecule has 0 atom stereocenters. The number of benzene rings is 3. The van der Waals surface area contributed by atoms with Gasteiger partial charge in [0.25, 0.3) is 0 Å². The zero-order valence-corrected chi connectivity index (χ0v) is 19.0. The SMILES string of the molecule is Cc1nc(-c2ccccc2NC(=O)Cc2cn(-c3ccccc3)nc2-c2ccc(Cl)cc2)no1. The number of aryl methyl sites for hydroxylation is 1. The summed E-state index contributed by atoms with van der Waals surface area (Å²) in [6.07, 6.45) is 2.01. The summed E-state index contributed by atoms with van der Waals surface area (Å²) in [5, 5.41) is 12.4. The van der Waals surface area contributed by atoms with Crippen molar-refractivity contribution in [2.45, 2.75) is 13.3 Å². The number of rotatable bonds is 6. The normalized spacial score (nSPS) is 10.9. The van der Waals surface area contributed by atoms with Gasteiger partial charge in [-0.15, -0.1) is 0 Å². The Balaban J connectivity index is 1.46. The van der Waals surface area contributed by atoms with Crippen LogP contribution in [-0.4, -0.2) is 25.8 Å². The number of carbonyl (C=O) groups is 1. The molecule has 1 amide bonds. The highest BCUT2D eigenvalue weighted by Crippen LogP contribution is 2.28. The van der Waals surface area contributed by atoms with Crippen LogP contribution in [0.3, 0.4) is 0 Å². The summed E-state index contributed by atoms with van der Waals surface area (Å²) >= 11 is 6.07. The van der Waals surface area contributed by atoms with Crippen LogP contribution in [-0.2, 0) is 11.2 Å². The molecule has 0 fully saturated rings. The molecular weight excluding hydrogens is 450 g/mol. The van der Waals surface area contributed by atoms with Crippen LogP contribution in [0.1, 0.15) is 11.5 Å². The van der Waals surface area contributed by atoms with E-state index >= 15 is 0 Å². The summed E-state index contributed by atoms with van der Waals surface area (Å²) in [5.41, 5.74) is 4.59. The summed E-state index contributed by atoms with van der Waals surface area (Å²) < 4.78 is 6.88. The Kier molecular flexibility index (Phi) is 5.93. The number of carbonyl (C=O) groups excluding carboxylic acids is 1. The highest BCUT2D eigenvalue weighted by molar-refractivity contribution is 6.30. The number of nitrogens with zero attached hydrogens (tertiary/aromatic N) is 4. The molecule has 2 heterocycles. The van der Waals surface area contributed by atoms with E-state index in [1.807, 2.05) is 85.1 Å². The first-order chi connectivity index (χ1) is 16.6. The maximum absolute atomic E-state index is 13.1. The molecule has 2 aromatic heterocycles. The van der Waals surface area contributed by atoms with Gasteiger partial charge in [0, 0.05) is 34.8 Å². The molecule has 0 bridgehead atoms. The lowest BCUT2D eigenvalue weighted by molar-refractivity contribution is -0.115. The molecule has 8 heteroatoms. The predicted molar refractivity (Wildman–Crippen MR) is 131 cm³/mol. The average molecular weight is 470 g/mol. The molecule has 5 aromatic rings. The van der Waals surface area contributed by atoms with E-state index in [1.165, 1.54) is 0 Å². The van der Waals surface area contributed by atoms with E-state index in [4.69, 9.17) is 21.2 Å². The zero-order valence-electron chi connectivity index (χ0n) is 18.3. The van der Waals surface area contributed by atoms with Crippen molar-refractivity contribution in [1.29, 1.82) is 0 Å². The number of hydrogen-bond donors (Lipinski definition) is 1. The highest BCUT2D eigenvalue weighted by Gasteiger charge is 2.18. The lowest BCUT2D eigenvalue weighted by Crippen LogP contribution is -2.15. The number of para-hydroxylation sites is 2. The van der Waals surface area contributed by atoms with Crippen molar-refractivity contribution in [2.75, 3.05) is 5.32 Å². The first-order valence-electron chi connectivity index (χ1n) is 10.7. The molecule has 0 aliphatic heterocycles. The Labute approximate surface area is 201 Å². The maximum atomic E-state index is 13.1. The van der Waals surface area contributed by atoms with Crippen LogP contribution < -0.4 is 5.32 Å². The quantitative estimate of drug-likeness (QED) is 0.343. The molecule has 5 rings (SSSR count). The van der Waals surface area contributed by atoms with Crippen LogP contribution in [0, 0.1) is 6.92 Å². The van der Waals surface area contributed by atoms with Crippen LogP contribution in [0.5, 0.6) is 0 Å². The second kappa shape index (κ2) is 9.33. The molecule has 7 nitrogen and oxygen atoms in total. The first-order valence-corrected chi connectivity index (χ1v) is 11.0. The second-order valence-electron chi connectivity index (χ2n) is 7.70. The number of aromatic nitrogens is 4. The van der Waals surface area contributed by atoms with Crippen molar-refractivity contribution in [1.82, 2.24) is 19.9 Å². The van der Waals surface area contributed by atoms with Crippen molar-refractivity contribution in [3.63, 3.8) is 0 Å². The number of anilines is 1. The number of nitrogens with one attached hydrogen (secondary N) is 1. The molecule has 0 aliphatic rings. The summed E-state index contributed by atoms with van der Waals surface area (Å²) in [5.74, 6) is 0.694. The third-order valence-corrected chi connectivity index (χ3v) is 5.50. The van der Waals surface area contributed by atoms with Crippen LogP contribution in [0.25, 0.3) is 28.3 Å². The minimum Gasteiger partial charge on any atom is -0.339 e. The van der Waals surface area contributed by atoms with Crippen LogP contribution in [0.2, 0.25) is 5.02 Å². The number of amides is 1. The fourth-order valence-electron chi connectivity index (χ4n) is 3.67. The third kappa shape index (κ3) is 4.60. The van der Waals surface area contributed by atoms with Crippen molar-refractivity contribution < 1.29 is 9.32 Å². The second-order valence-corrected chi connectivity index (χ2v) is 8.13. The van der Waals surface area contributed by atoms with Crippen molar-refractivity contribution in [3.8, 4) is 28.3 Å². The van der Waals surface area contributed by atoms with E-state index in [-0.39, 0.29) is 12.3 Å². The maximum Gasteiger partial charge on any atom is 0.228 e. The van der Waals surface area contributed by atoms with Gasteiger partial charge in [-0.2, -0.15) is 10.1 Å². The Hall–Kier alpha value is -4.23. The lowest BCUT2D eigenvalue weighted by Gasteiger charge is -2.09. The Morgan fingerprint density at radius 1 is 1.00 bits per heavy atom. The van der Waals surface area contributed by atoms with E-state index in [0.717, 1.165) is 22.5 Å². The molecule has 0 aliphatic carbocycles. The fourth-order valence-corrected chi connectivity index (χ4v) is 3.79. The van der Waals surface area contributed by atoms with Crippen LogP contribution >= 0.6 is 11.6 Å². The van der Waals surface area contributed by atoms with Gasteiger partial charge in [0.1, 0.15) is 0 Å². The Morgan fingerprint density at radius 3 is 2.47 bits per heavy atom. The van der Waals surface area contributed by atoms with Gasteiger partial charge in [0.05, 0.1) is 23.5 Å². The molecule has 34 heavy (non-hydrogen) atoms. The van der Waals surface area contributed by atoms with Gasteiger partial charge in [0.15, 0.2) is 0 Å². The van der Waals surface area contributed by atoms with E-state index < -0.39 is 0 Å².